The summed E-state index contributed by atoms with van der Waals surface area (Å²) in [5, 5.41) is 14.4. The third-order valence-corrected chi connectivity index (χ3v) is 5.36. The number of rotatable bonds is 5. The van der Waals surface area contributed by atoms with Crippen LogP contribution >= 0.6 is 15.9 Å². The fraction of sp³-hybridized carbons (Fsp3) is 0.667. The minimum Gasteiger partial charge on any atom is -0.389 e. The van der Waals surface area contributed by atoms with Crippen LogP contribution in [-0.2, 0) is 0 Å². The zero-order valence-corrected chi connectivity index (χ0v) is 15.0. The topological polar surface area (TPSA) is 32.3 Å². The van der Waals surface area contributed by atoms with Crippen LogP contribution in [-0.4, -0.2) is 17.3 Å². The van der Waals surface area contributed by atoms with Gasteiger partial charge >= 0.3 is 0 Å². The maximum Gasteiger partial charge on any atom is 0.0772 e. The molecule has 1 aliphatic carbocycles. The van der Waals surface area contributed by atoms with Crippen LogP contribution < -0.4 is 5.32 Å². The molecule has 0 saturated heterocycles. The van der Waals surface area contributed by atoms with Crippen LogP contribution in [0.2, 0.25) is 0 Å². The lowest BCUT2D eigenvalue weighted by Crippen LogP contribution is -2.45. The van der Waals surface area contributed by atoms with Crippen molar-refractivity contribution in [2.24, 2.45) is 5.41 Å². The first-order chi connectivity index (χ1) is 9.84. The summed E-state index contributed by atoms with van der Waals surface area (Å²) in [6, 6.07) is 8.74. The van der Waals surface area contributed by atoms with E-state index in [9.17, 15) is 5.11 Å². The van der Waals surface area contributed by atoms with E-state index in [0.717, 1.165) is 36.6 Å². The highest BCUT2D eigenvalue weighted by molar-refractivity contribution is 9.10. The summed E-state index contributed by atoms with van der Waals surface area (Å²) >= 11 is 3.53. The van der Waals surface area contributed by atoms with E-state index in [2.05, 4.69) is 60.2 Å². The van der Waals surface area contributed by atoms with E-state index >= 15 is 0 Å². The minimum absolute atomic E-state index is 0.307. The Labute approximate surface area is 137 Å². The highest BCUT2D eigenvalue weighted by atomic mass is 79.9. The minimum atomic E-state index is -0.533. The van der Waals surface area contributed by atoms with Gasteiger partial charge in [-0.1, -0.05) is 48.8 Å². The summed E-state index contributed by atoms with van der Waals surface area (Å²) in [7, 11) is 0. The van der Waals surface area contributed by atoms with Crippen molar-refractivity contribution in [3.63, 3.8) is 0 Å². The maximum absolute atomic E-state index is 10.8. The van der Waals surface area contributed by atoms with E-state index < -0.39 is 5.60 Å². The third kappa shape index (κ3) is 4.80. The smallest absolute Gasteiger partial charge is 0.0772 e. The molecule has 1 aromatic rings. The van der Waals surface area contributed by atoms with Crippen molar-refractivity contribution in [2.45, 2.75) is 64.5 Å². The molecule has 0 bridgehead atoms. The van der Waals surface area contributed by atoms with E-state index in [-0.39, 0.29) is 0 Å². The van der Waals surface area contributed by atoms with Crippen molar-refractivity contribution >= 4 is 15.9 Å². The fourth-order valence-electron chi connectivity index (χ4n) is 3.10. The van der Waals surface area contributed by atoms with Crippen LogP contribution in [0.5, 0.6) is 0 Å². The van der Waals surface area contributed by atoms with Gasteiger partial charge in [-0.2, -0.15) is 0 Å². The average molecular weight is 354 g/mol. The van der Waals surface area contributed by atoms with Gasteiger partial charge < -0.3 is 10.4 Å². The quantitative estimate of drug-likeness (QED) is 0.794. The Bertz CT molecular complexity index is 462. The van der Waals surface area contributed by atoms with Gasteiger partial charge in [-0.05, 0) is 55.2 Å². The zero-order valence-electron chi connectivity index (χ0n) is 13.5. The molecule has 0 aliphatic heterocycles. The first-order valence-electron chi connectivity index (χ1n) is 8.05. The molecule has 118 valence electrons. The molecule has 0 spiro atoms. The highest BCUT2D eigenvalue weighted by Gasteiger charge is 2.36. The standard InChI is InChI=1S/C18H28BrNO/c1-4-16(14-6-5-7-15(19)12-14)20-13-18(21)10-8-17(2,3)9-11-18/h5-7,12,16,20-21H,4,8-11,13H2,1-3H3. The molecule has 21 heavy (non-hydrogen) atoms. The highest BCUT2D eigenvalue weighted by Crippen LogP contribution is 2.40. The van der Waals surface area contributed by atoms with E-state index in [1.807, 2.05) is 6.07 Å². The van der Waals surface area contributed by atoms with Crippen LogP contribution in [0.1, 0.15) is 64.5 Å². The van der Waals surface area contributed by atoms with E-state index in [1.165, 1.54) is 5.56 Å². The molecule has 0 aromatic heterocycles. The molecular weight excluding hydrogens is 326 g/mol. The first-order valence-corrected chi connectivity index (χ1v) is 8.84. The van der Waals surface area contributed by atoms with Crippen LogP contribution in [0, 0.1) is 5.41 Å². The molecular formula is C18H28BrNO. The lowest BCUT2D eigenvalue weighted by molar-refractivity contribution is -0.0262. The van der Waals surface area contributed by atoms with Gasteiger partial charge in [0, 0.05) is 17.1 Å². The second-order valence-electron chi connectivity index (χ2n) is 7.29. The Morgan fingerprint density at radius 3 is 2.48 bits per heavy atom. The summed E-state index contributed by atoms with van der Waals surface area (Å²) in [6.07, 6.45) is 5.06. The normalized spacial score (nSPS) is 22.0. The van der Waals surface area contributed by atoms with Gasteiger partial charge in [-0.3, -0.25) is 0 Å². The number of benzene rings is 1. The van der Waals surface area contributed by atoms with Crippen LogP contribution in [0.4, 0.5) is 0 Å². The fourth-order valence-corrected chi connectivity index (χ4v) is 3.52. The molecule has 2 N–H and O–H groups in total. The largest absolute Gasteiger partial charge is 0.389 e. The SMILES string of the molecule is CCC(NCC1(O)CCC(C)(C)CC1)c1cccc(Br)c1. The Balaban J connectivity index is 1.94. The Hall–Kier alpha value is -0.380. The first kappa shape index (κ1) is 17.0. The molecule has 1 fully saturated rings. The van der Waals surface area contributed by atoms with Crippen molar-refractivity contribution < 1.29 is 5.11 Å². The Morgan fingerprint density at radius 1 is 1.24 bits per heavy atom. The molecule has 0 amide bonds. The van der Waals surface area contributed by atoms with Gasteiger partial charge in [-0.15, -0.1) is 0 Å². The number of aliphatic hydroxyl groups is 1. The van der Waals surface area contributed by atoms with E-state index in [4.69, 9.17) is 0 Å². The lowest BCUT2D eigenvalue weighted by atomic mass is 9.71. The average Bonchev–Trinajstić information content (AvgIpc) is 2.44. The molecule has 0 radical (unpaired) electrons. The Morgan fingerprint density at radius 2 is 1.90 bits per heavy atom. The van der Waals surface area contributed by atoms with Gasteiger partial charge in [0.05, 0.1) is 5.60 Å². The molecule has 1 aromatic carbocycles. The second kappa shape index (κ2) is 6.80. The number of nitrogens with one attached hydrogen (secondary N) is 1. The summed E-state index contributed by atoms with van der Waals surface area (Å²) in [5.41, 5.74) is 1.14. The molecule has 0 heterocycles. The predicted molar refractivity (Wildman–Crippen MR) is 92.4 cm³/mol. The van der Waals surface area contributed by atoms with Crippen molar-refractivity contribution in [1.29, 1.82) is 0 Å². The van der Waals surface area contributed by atoms with E-state index in [0.29, 0.717) is 18.0 Å². The second-order valence-corrected chi connectivity index (χ2v) is 8.20. The van der Waals surface area contributed by atoms with Gasteiger partial charge in [0.1, 0.15) is 0 Å². The summed E-state index contributed by atoms with van der Waals surface area (Å²) in [4.78, 5) is 0. The predicted octanol–water partition coefficient (Wildman–Crippen LogP) is 4.82. The zero-order chi connectivity index (χ0) is 15.5. The number of halogens is 1. The van der Waals surface area contributed by atoms with Gasteiger partial charge in [-0.25, -0.2) is 0 Å². The van der Waals surface area contributed by atoms with Gasteiger partial charge in [0.25, 0.3) is 0 Å². The number of hydrogen-bond donors (Lipinski definition) is 2. The number of hydrogen-bond acceptors (Lipinski definition) is 2. The molecule has 1 aliphatic rings. The third-order valence-electron chi connectivity index (χ3n) is 4.87. The van der Waals surface area contributed by atoms with Crippen molar-refractivity contribution in [3.05, 3.63) is 34.3 Å². The monoisotopic (exact) mass is 353 g/mol. The van der Waals surface area contributed by atoms with Crippen LogP contribution in [0.3, 0.4) is 0 Å². The summed E-state index contributed by atoms with van der Waals surface area (Å²) in [6.45, 7) is 7.48. The van der Waals surface area contributed by atoms with Crippen LogP contribution in [0.25, 0.3) is 0 Å². The maximum atomic E-state index is 10.8. The molecule has 2 rings (SSSR count). The van der Waals surface area contributed by atoms with E-state index in [1.54, 1.807) is 0 Å². The summed E-state index contributed by atoms with van der Waals surface area (Å²) in [5.74, 6) is 0. The molecule has 3 heteroatoms. The van der Waals surface area contributed by atoms with Crippen molar-refractivity contribution in [3.8, 4) is 0 Å². The lowest BCUT2D eigenvalue weighted by Gasteiger charge is -2.41. The van der Waals surface area contributed by atoms with Crippen LogP contribution in [0.15, 0.2) is 28.7 Å². The molecule has 1 saturated carbocycles. The summed E-state index contributed by atoms with van der Waals surface area (Å²) < 4.78 is 1.11. The van der Waals surface area contributed by atoms with Crippen molar-refractivity contribution in [1.82, 2.24) is 5.32 Å². The molecule has 1 atom stereocenters. The molecule has 1 unspecified atom stereocenters. The van der Waals surface area contributed by atoms with Gasteiger partial charge in [0.15, 0.2) is 0 Å². The van der Waals surface area contributed by atoms with Crippen molar-refractivity contribution in [2.75, 3.05) is 6.54 Å². The molecule has 2 nitrogen and oxygen atoms in total. The van der Waals surface area contributed by atoms with Gasteiger partial charge in [0.2, 0.25) is 0 Å². The Kier molecular flexibility index (Phi) is 5.50.